The first-order valence-electron chi connectivity index (χ1n) is 5.47. The molecule has 0 fully saturated rings. The van der Waals surface area contributed by atoms with Gasteiger partial charge in [-0.25, -0.2) is 0 Å². The number of alkyl halides is 3. The first-order chi connectivity index (χ1) is 8.78. The molecule has 0 radical (unpaired) electrons. The highest BCUT2D eigenvalue weighted by molar-refractivity contribution is 6.30. The molecular weight excluding hydrogens is 283 g/mol. The number of nitrogens with one attached hydrogen (secondary N) is 1. The lowest BCUT2D eigenvalue weighted by molar-refractivity contribution is -0.175. The Balaban J connectivity index is 2.38. The number of amides is 1. The van der Waals surface area contributed by atoms with Gasteiger partial charge in [-0.3, -0.25) is 4.79 Å². The largest absolute Gasteiger partial charge is 0.411 e. The Bertz CT molecular complexity index is 420. The number of halogens is 4. The van der Waals surface area contributed by atoms with Crippen molar-refractivity contribution in [1.29, 1.82) is 0 Å². The highest BCUT2D eigenvalue weighted by Gasteiger charge is 2.27. The molecule has 1 aromatic rings. The summed E-state index contributed by atoms with van der Waals surface area (Å²) in [4.78, 5) is 11.4. The highest BCUT2D eigenvalue weighted by Crippen LogP contribution is 2.16. The summed E-state index contributed by atoms with van der Waals surface area (Å²) in [6, 6.07) is 6.45. The zero-order valence-corrected chi connectivity index (χ0v) is 10.9. The first-order valence-corrected chi connectivity index (χ1v) is 5.85. The van der Waals surface area contributed by atoms with E-state index in [-0.39, 0.29) is 6.04 Å². The third-order valence-electron chi connectivity index (χ3n) is 2.25. The number of carbonyl (C=O) groups is 1. The van der Waals surface area contributed by atoms with E-state index in [9.17, 15) is 18.0 Å². The van der Waals surface area contributed by atoms with Gasteiger partial charge in [0.15, 0.2) is 0 Å². The lowest BCUT2D eigenvalue weighted by Gasteiger charge is -2.14. The summed E-state index contributed by atoms with van der Waals surface area (Å²) >= 11 is 5.72. The highest BCUT2D eigenvalue weighted by atomic mass is 35.5. The minimum atomic E-state index is -4.43. The second kappa shape index (κ2) is 6.77. The van der Waals surface area contributed by atoms with Crippen LogP contribution in [-0.4, -0.2) is 25.3 Å². The van der Waals surface area contributed by atoms with Crippen LogP contribution < -0.4 is 5.32 Å². The molecular formula is C12H13ClF3NO2. The molecule has 0 saturated heterocycles. The van der Waals surface area contributed by atoms with Crippen LogP contribution in [-0.2, 0) is 9.53 Å². The molecule has 3 nitrogen and oxygen atoms in total. The van der Waals surface area contributed by atoms with Crippen LogP contribution in [0.5, 0.6) is 0 Å². The molecule has 0 heterocycles. The molecule has 19 heavy (non-hydrogen) atoms. The molecule has 0 aliphatic rings. The van der Waals surface area contributed by atoms with E-state index in [1.807, 2.05) is 0 Å². The third kappa shape index (κ3) is 6.45. The molecule has 1 N–H and O–H groups in total. The van der Waals surface area contributed by atoms with Crippen LogP contribution in [0.1, 0.15) is 18.5 Å². The Morgan fingerprint density at radius 2 is 1.95 bits per heavy atom. The maximum atomic E-state index is 11.8. The number of benzene rings is 1. The standard InChI is InChI=1S/C12H13ClF3NO2/c1-8(9-2-4-10(13)5-3-9)17-11(18)6-19-7-12(14,15)16/h2-5,8H,6-7H2,1H3,(H,17,18). The molecule has 1 atom stereocenters. The average molecular weight is 296 g/mol. The predicted molar refractivity (Wildman–Crippen MR) is 64.9 cm³/mol. The molecule has 7 heteroatoms. The minimum absolute atomic E-state index is 0.334. The van der Waals surface area contributed by atoms with E-state index in [1.165, 1.54) is 0 Å². The van der Waals surface area contributed by atoms with Gasteiger partial charge in [0, 0.05) is 5.02 Å². The summed E-state index contributed by atoms with van der Waals surface area (Å²) < 4.78 is 39.7. The second-order valence-electron chi connectivity index (χ2n) is 3.95. The topological polar surface area (TPSA) is 38.3 Å². The molecule has 0 aliphatic carbocycles. The minimum Gasteiger partial charge on any atom is -0.362 e. The number of rotatable bonds is 5. The monoisotopic (exact) mass is 295 g/mol. The second-order valence-corrected chi connectivity index (χ2v) is 4.39. The van der Waals surface area contributed by atoms with Gasteiger partial charge in [0.05, 0.1) is 6.04 Å². The van der Waals surface area contributed by atoms with Gasteiger partial charge in [0.2, 0.25) is 5.91 Å². The molecule has 1 amide bonds. The van der Waals surface area contributed by atoms with E-state index in [1.54, 1.807) is 31.2 Å². The van der Waals surface area contributed by atoms with Crippen LogP contribution in [0, 0.1) is 0 Å². The normalized spacial score (nSPS) is 13.1. The maximum Gasteiger partial charge on any atom is 0.411 e. The number of hydrogen-bond acceptors (Lipinski definition) is 2. The number of ether oxygens (including phenoxy) is 1. The first kappa shape index (κ1) is 15.8. The summed E-state index contributed by atoms with van der Waals surface area (Å²) in [5.74, 6) is -0.605. The molecule has 1 rings (SSSR count). The summed E-state index contributed by atoms with van der Waals surface area (Å²) in [6.45, 7) is -0.349. The van der Waals surface area contributed by atoms with Crippen molar-refractivity contribution in [1.82, 2.24) is 5.32 Å². The smallest absolute Gasteiger partial charge is 0.362 e. The predicted octanol–water partition coefficient (Wildman–Crippen LogP) is 3.10. The molecule has 1 unspecified atom stereocenters. The van der Waals surface area contributed by atoms with Crippen LogP contribution in [0.2, 0.25) is 5.02 Å². The fraction of sp³-hybridized carbons (Fsp3) is 0.417. The van der Waals surface area contributed by atoms with E-state index in [0.29, 0.717) is 5.02 Å². The Morgan fingerprint density at radius 3 is 2.47 bits per heavy atom. The van der Waals surface area contributed by atoms with Crippen molar-refractivity contribution in [3.05, 3.63) is 34.9 Å². The Hall–Kier alpha value is -1.27. The van der Waals surface area contributed by atoms with Gasteiger partial charge in [-0.2, -0.15) is 13.2 Å². The summed E-state index contributed by atoms with van der Waals surface area (Å²) in [5, 5.41) is 3.09. The Morgan fingerprint density at radius 1 is 1.37 bits per heavy atom. The molecule has 1 aromatic carbocycles. The van der Waals surface area contributed by atoms with Crippen LogP contribution >= 0.6 is 11.6 Å². The van der Waals surface area contributed by atoms with Crippen molar-refractivity contribution in [2.45, 2.75) is 19.1 Å². The maximum absolute atomic E-state index is 11.8. The van der Waals surface area contributed by atoms with E-state index in [2.05, 4.69) is 10.1 Å². The summed E-state index contributed by atoms with van der Waals surface area (Å²) in [7, 11) is 0. The third-order valence-corrected chi connectivity index (χ3v) is 2.50. The van der Waals surface area contributed by atoms with Gasteiger partial charge < -0.3 is 10.1 Å². The van der Waals surface area contributed by atoms with E-state index < -0.39 is 25.3 Å². The van der Waals surface area contributed by atoms with Crippen molar-refractivity contribution in [2.75, 3.05) is 13.2 Å². The van der Waals surface area contributed by atoms with Crippen molar-refractivity contribution in [2.24, 2.45) is 0 Å². The zero-order chi connectivity index (χ0) is 14.5. The quantitative estimate of drug-likeness (QED) is 0.906. The van der Waals surface area contributed by atoms with E-state index >= 15 is 0 Å². The van der Waals surface area contributed by atoms with Crippen LogP contribution in [0.15, 0.2) is 24.3 Å². The zero-order valence-electron chi connectivity index (χ0n) is 10.1. The number of carbonyl (C=O) groups excluding carboxylic acids is 1. The molecule has 0 saturated carbocycles. The van der Waals surface area contributed by atoms with Crippen molar-refractivity contribution in [3.63, 3.8) is 0 Å². The van der Waals surface area contributed by atoms with E-state index in [4.69, 9.17) is 11.6 Å². The average Bonchev–Trinajstić information content (AvgIpc) is 2.27. The van der Waals surface area contributed by atoms with Gasteiger partial charge in [-0.15, -0.1) is 0 Å². The molecule has 0 bridgehead atoms. The van der Waals surface area contributed by atoms with Crippen molar-refractivity contribution < 1.29 is 22.7 Å². The lowest BCUT2D eigenvalue weighted by atomic mass is 10.1. The van der Waals surface area contributed by atoms with Gasteiger partial charge in [-0.05, 0) is 24.6 Å². The summed E-state index contributed by atoms with van der Waals surface area (Å²) in [5.41, 5.74) is 0.800. The van der Waals surface area contributed by atoms with E-state index in [0.717, 1.165) is 5.56 Å². The molecule has 0 spiro atoms. The molecule has 0 aliphatic heterocycles. The molecule has 0 aromatic heterocycles. The van der Waals surface area contributed by atoms with Gasteiger partial charge in [-0.1, -0.05) is 23.7 Å². The van der Waals surface area contributed by atoms with Crippen LogP contribution in [0.3, 0.4) is 0 Å². The Labute approximate surface area is 113 Å². The van der Waals surface area contributed by atoms with Crippen LogP contribution in [0.4, 0.5) is 13.2 Å². The van der Waals surface area contributed by atoms with Gasteiger partial charge in [0.25, 0.3) is 0 Å². The number of hydrogen-bond donors (Lipinski definition) is 1. The lowest BCUT2D eigenvalue weighted by Crippen LogP contribution is -2.31. The fourth-order valence-corrected chi connectivity index (χ4v) is 1.50. The van der Waals surface area contributed by atoms with Crippen molar-refractivity contribution >= 4 is 17.5 Å². The Kier molecular flexibility index (Phi) is 5.62. The molecule has 106 valence electrons. The van der Waals surface area contributed by atoms with Gasteiger partial charge >= 0.3 is 6.18 Å². The summed E-state index contributed by atoms with van der Waals surface area (Å²) in [6.07, 6.45) is -4.43. The van der Waals surface area contributed by atoms with Crippen molar-refractivity contribution in [3.8, 4) is 0 Å². The fourth-order valence-electron chi connectivity index (χ4n) is 1.38. The van der Waals surface area contributed by atoms with Gasteiger partial charge in [0.1, 0.15) is 13.2 Å². The van der Waals surface area contributed by atoms with Crippen LogP contribution in [0.25, 0.3) is 0 Å². The SMILES string of the molecule is CC(NC(=O)COCC(F)(F)F)c1ccc(Cl)cc1.